The molecule has 5 rings (SSSR count). The van der Waals surface area contributed by atoms with Crippen LogP contribution < -0.4 is 4.74 Å². The summed E-state index contributed by atoms with van der Waals surface area (Å²) in [5.74, 6) is 3.73. The Morgan fingerprint density at radius 2 is 1.63 bits per heavy atom. The van der Waals surface area contributed by atoms with E-state index in [4.69, 9.17) is 14.5 Å². The van der Waals surface area contributed by atoms with Gasteiger partial charge in [0.15, 0.2) is 0 Å². The summed E-state index contributed by atoms with van der Waals surface area (Å²) in [5, 5.41) is 0. The normalized spacial score (nSPS) is 18.8. The number of rotatable bonds is 13. The molecule has 6 heteroatoms. The van der Waals surface area contributed by atoms with Crippen LogP contribution in [0.2, 0.25) is 0 Å². The molecule has 2 atom stereocenters. The van der Waals surface area contributed by atoms with E-state index >= 15 is 0 Å². The minimum atomic E-state index is -0.292. The summed E-state index contributed by atoms with van der Waals surface area (Å²) in [7, 11) is 3.42. The maximum atomic E-state index is 13.7. The SMILES string of the molecule is CCC1=CCCC=C(CCC2CCCC(CCC(=O)Cc3nc(-c4ccc(OC)cc4)cn3-c3ccc(F)cc3)CC2)C=C1OC. The summed E-state index contributed by atoms with van der Waals surface area (Å²) in [4.78, 5) is 18.2. The summed E-state index contributed by atoms with van der Waals surface area (Å²) < 4.78 is 26.6. The highest BCUT2D eigenvalue weighted by atomic mass is 19.1. The summed E-state index contributed by atoms with van der Waals surface area (Å²) in [6.45, 7) is 2.20. The first-order valence-corrected chi connectivity index (χ1v) is 17.1. The second-order valence-electron chi connectivity index (χ2n) is 12.8. The molecule has 1 saturated carbocycles. The minimum Gasteiger partial charge on any atom is -0.497 e. The van der Waals surface area contributed by atoms with Crippen molar-refractivity contribution in [2.75, 3.05) is 14.2 Å². The molecule has 2 unspecified atom stereocenters. The van der Waals surface area contributed by atoms with E-state index in [2.05, 4.69) is 25.2 Å². The third-order valence-electron chi connectivity index (χ3n) is 9.70. The van der Waals surface area contributed by atoms with Crippen molar-refractivity contribution in [1.29, 1.82) is 0 Å². The number of imidazole rings is 1. The van der Waals surface area contributed by atoms with E-state index in [1.54, 1.807) is 26.4 Å². The van der Waals surface area contributed by atoms with Gasteiger partial charge in [0.1, 0.15) is 28.9 Å². The lowest BCUT2D eigenvalue weighted by molar-refractivity contribution is -0.118. The van der Waals surface area contributed by atoms with Gasteiger partial charge >= 0.3 is 0 Å². The number of carbonyl (C=O) groups is 1. The Morgan fingerprint density at radius 1 is 0.913 bits per heavy atom. The van der Waals surface area contributed by atoms with Gasteiger partial charge in [0, 0.05) is 23.9 Å². The Kier molecular flexibility index (Phi) is 12.0. The first-order valence-electron chi connectivity index (χ1n) is 17.1. The molecule has 244 valence electrons. The van der Waals surface area contributed by atoms with Crippen molar-refractivity contribution in [1.82, 2.24) is 9.55 Å². The van der Waals surface area contributed by atoms with Crippen molar-refractivity contribution in [3.05, 3.63) is 102 Å². The van der Waals surface area contributed by atoms with Crippen LogP contribution in [0.3, 0.4) is 0 Å². The van der Waals surface area contributed by atoms with Gasteiger partial charge in [-0.05, 0) is 116 Å². The molecule has 2 aliphatic carbocycles. The first-order chi connectivity index (χ1) is 22.4. The van der Waals surface area contributed by atoms with Gasteiger partial charge < -0.3 is 14.0 Å². The lowest BCUT2D eigenvalue weighted by Gasteiger charge is -2.17. The van der Waals surface area contributed by atoms with E-state index < -0.39 is 0 Å². The lowest BCUT2D eigenvalue weighted by Crippen LogP contribution is -2.11. The number of benzene rings is 2. The van der Waals surface area contributed by atoms with Gasteiger partial charge in [-0.3, -0.25) is 4.79 Å². The highest BCUT2D eigenvalue weighted by Crippen LogP contribution is 2.34. The van der Waals surface area contributed by atoms with E-state index in [0.29, 0.717) is 18.2 Å². The molecule has 0 spiro atoms. The number of ketones is 1. The van der Waals surface area contributed by atoms with Crippen LogP contribution in [0.5, 0.6) is 5.75 Å². The maximum absolute atomic E-state index is 13.7. The maximum Gasteiger partial charge on any atom is 0.140 e. The number of allylic oxidation sites excluding steroid dienone is 5. The number of hydrogen-bond acceptors (Lipinski definition) is 4. The van der Waals surface area contributed by atoms with E-state index in [9.17, 15) is 9.18 Å². The van der Waals surface area contributed by atoms with Gasteiger partial charge in [-0.1, -0.05) is 51.2 Å². The van der Waals surface area contributed by atoms with Crippen LogP contribution in [-0.2, 0) is 16.0 Å². The zero-order valence-electron chi connectivity index (χ0n) is 27.8. The molecule has 1 aromatic heterocycles. The Bertz CT molecular complexity index is 1530. The van der Waals surface area contributed by atoms with Crippen molar-refractivity contribution in [3.8, 4) is 22.7 Å². The first kappa shape index (κ1) is 33.4. The summed E-state index contributed by atoms with van der Waals surface area (Å²) in [6, 6.07) is 14.1. The fourth-order valence-corrected chi connectivity index (χ4v) is 6.93. The Hall–Kier alpha value is -3.93. The minimum absolute atomic E-state index is 0.202. The quantitative estimate of drug-likeness (QED) is 0.178. The van der Waals surface area contributed by atoms with E-state index in [1.165, 1.54) is 61.8 Å². The largest absolute Gasteiger partial charge is 0.497 e. The third-order valence-corrected chi connectivity index (χ3v) is 9.70. The third kappa shape index (κ3) is 9.08. The summed E-state index contributed by atoms with van der Waals surface area (Å²) in [6.07, 6.45) is 22.3. The molecule has 46 heavy (non-hydrogen) atoms. The monoisotopic (exact) mass is 624 g/mol. The number of nitrogens with zero attached hydrogens (tertiary/aromatic N) is 2. The van der Waals surface area contributed by atoms with Crippen LogP contribution in [0, 0.1) is 17.7 Å². The van der Waals surface area contributed by atoms with Gasteiger partial charge in [0.05, 0.1) is 26.3 Å². The summed E-state index contributed by atoms with van der Waals surface area (Å²) >= 11 is 0. The highest BCUT2D eigenvalue weighted by molar-refractivity contribution is 5.80. The molecule has 1 fully saturated rings. The number of carbonyl (C=O) groups excluding carboxylic acids is 1. The average molecular weight is 625 g/mol. The van der Waals surface area contributed by atoms with Crippen molar-refractivity contribution < 1.29 is 18.7 Å². The zero-order chi connectivity index (χ0) is 32.3. The molecular formula is C40H49FN2O3. The summed E-state index contributed by atoms with van der Waals surface area (Å²) in [5.41, 5.74) is 5.23. The van der Waals surface area contributed by atoms with Crippen LogP contribution in [0.15, 0.2) is 89.9 Å². The standard InChI is InChI=1S/C40H49FN2O3/c1-4-32-11-6-5-8-31(26-39(32)46-3)15-14-29-9-7-10-30(13-12-29)16-23-36(44)27-40-42-38(33-17-24-37(45-2)25-18-33)28-43(40)35-21-19-34(41)20-22-35/h8,11,17-22,24-26,28-30H,4-7,9-10,12-16,23,27H2,1-3H3. The van der Waals surface area contributed by atoms with Crippen molar-refractivity contribution >= 4 is 5.78 Å². The van der Waals surface area contributed by atoms with Gasteiger partial charge in [-0.15, -0.1) is 0 Å². The van der Waals surface area contributed by atoms with Crippen LogP contribution in [-0.4, -0.2) is 29.6 Å². The molecular weight excluding hydrogens is 575 g/mol. The molecule has 2 aliphatic rings. The van der Waals surface area contributed by atoms with E-state index in [1.807, 2.05) is 35.0 Å². The molecule has 5 nitrogen and oxygen atoms in total. The Morgan fingerprint density at radius 3 is 2.33 bits per heavy atom. The number of ether oxygens (including phenoxy) is 2. The molecule has 0 bridgehead atoms. The highest BCUT2D eigenvalue weighted by Gasteiger charge is 2.21. The Balaban J connectivity index is 1.16. The van der Waals surface area contributed by atoms with Crippen molar-refractivity contribution in [3.63, 3.8) is 0 Å². The molecule has 0 radical (unpaired) electrons. The molecule has 0 aliphatic heterocycles. The number of Topliss-reactive ketones (excluding diaryl/α,β-unsaturated/α-hetero) is 1. The molecule has 1 heterocycles. The molecule has 0 N–H and O–H groups in total. The van der Waals surface area contributed by atoms with Crippen LogP contribution in [0.4, 0.5) is 4.39 Å². The topological polar surface area (TPSA) is 53.3 Å². The fourth-order valence-electron chi connectivity index (χ4n) is 6.93. The van der Waals surface area contributed by atoms with E-state index in [0.717, 1.165) is 66.5 Å². The molecule has 0 saturated heterocycles. The van der Waals surface area contributed by atoms with E-state index in [-0.39, 0.29) is 18.0 Å². The van der Waals surface area contributed by atoms with Gasteiger partial charge in [-0.25, -0.2) is 9.37 Å². The smallest absolute Gasteiger partial charge is 0.140 e. The zero-order valence-corrected chi connectivity index (χ0v) is 27.8. The van der Waals surface area contributed by atoms with Gasteiger partial charge in [0.2, 0.25) is 0 Å². The predicted octanol–water partition coefficient (Wildman–Crippen LogP) is 10.1. The number of halogens is 1. The van der Waals surface area contributed by atoms with Crippen LogP contribution >= 0.6 is 0 Å². The van der Waals surface area contributed by atoms with Crippen molar-refractivity contribution in [2.45, 2.75) is 90.4 Å². The van der Waals surface area contributed by atoms with Crippen LogP contribution in [0.25, 0.3) is 16.9 Å². The second-order valence-corrected chi connectivity index (χ2v) is 12.8. The second kappa shape index (κ2) is 16.6. The Labute approximate surface area is 274 Å². The average Bonchev–Trinajstić information content (AvgIpc) is 3.34. The van der Waals surface area contributed by atoms with Crippen molar-refractivity contribution in [2.24, 2.45) is 11.8 Å². The molecule has 0 amide bonds. The fraction of sp³-hybridized carbons (Fsp3) is 0.450. The van der Waals surface area contributed by atoms with Crippen LogP contribution in [0.1, 0.15) is 89.8 Å². The molecule has 3 aromatic rings. The number of hydrogen-bond donors (Lipinski definition) is 0. The lowest BCUT2D eigenvalue weighted by atomic mass is 9.90. The van der Waals surface area contributed by atoms with Gasteiger partial charge in [0.25, 0.3) is 0 Å². The molecule has 2 aromatic carbocycles. The predicted molar refractivity (Wildman–Crippen MR) is 184 cm³/mol. The number of aromatic nitrogens is 2. The number of methoxy groups -OCH3 is 2. The van der Waals surface area contributed by atoms with Gasteiger partial charge in [-0.2, -0.15) is 0 Å².